The predicted octanol–water partition coefficient (Wildman–Crippen LogP) is -0.219. The van der Waals surface area contributed by atoms with Crippen LogP contribution in [0, 0.1) is 5.92 Å². The van der Waals surface area contributed by atoms with Crippen LogP contribution < -0.4 is 10.9 Å². The molecule has 1 amide bonds. The molecule has 0 saturated carbocycles. The van der Waals surface area contributed by atoms with Gasteiger partial charge in [-0.2, -0.15) is 0 Å². The van der Waals surface area contributed by atoms with E-state index in [0.29, 0.717) is 25.3 Å². The fourth-order valence-electron chi connectivity index (χ4n) is 2.46. The summed E-state index contributed by atoms with van der Waals surface area (Å²) >= 11 is 0. The van der Waals surface area contributed by atoms with Crippen LogP contribution in [0.1, 0.15) is 10.4 Å². The SMILES string of the molecule is CO[C@H]1[C@H](CNC(=O)c2cc[nH]c(=O)c2)COC[C@H]1OC. The van der Waals surface area contributed by atoms with Crippen molar-refractivity contribution in [2.24, 2.45) is 5.92 Å². The molecule has 2 heterocycles. The average Bonchev–Trinajstić information content (AvgIpc) is 2.51. The first-order chi connectivity index (χ1) is 10.2. The van der Waals surface area contributed by atoms with Gasteiger partial charge < -0.3 is 24.5 Å². The fourth-order valence-corrected chi connectivity index (χ4v) is 2.46. The van der Waals surface area contributed by atoms with E-state index < -0.39 is 0 Å². The highest BCUT2D eigenvalue weighted by atomic mass is 16.6. The van der Waals surface area contributed by atoms with E-state index in [1.807, 2.05) is 0 Å². The number of carbonyl (C=O) groups excluding carboxylic acids is 1. The Hall–Kier alpha value is -1.70. The first-order valence-corrected chi connectivity index (χ1v) is 6.76. The molecule has 0 aromatic carbocycles. The van der Waals surface area contributed by atoms with Gasteiger partial charge in [0.25, 0.3) is 5.91 Å². The lowest BCUT2D eigenvalue weighted by atomic mass is 9.96. The summed E-state index contributed by atoms with van der Waals surface area (Å²) < 4.78 is 16.2. The second-order valence-corrected chi connectivity index (χ2v) is 4.92. The molecule has 0 radical (unpaired) electrons. The number of carbonyl (C=O) groups is 1. The van der Waals surface area contributed by atoms with Crippen LogP contribution in [0.25, 0.3) is 0 Å². The number of hydrogen-bond donors (Lipinski definition) is 2. The third kappa shape index (κ3) is 3.90. The molecule has 7 heteroatoms. The third-order valence-corrected chi connectivity index (χ3v) is 3.58. The molecule has 116 valence electrons. The van der Waals surface area contributed by atoms with Gasteiger partial charge >= 0.3 is 0 Å². The molecular weight excluding hydrogens is 276 g/mol. The molecule has 1 aromatic rings. The summed E-state index contributed by atoms with van der Waals surface area (Å²) in [6, 6.07) is 2.82. The molecule has 1 aliphatic heterocycles. The van der Waals surface area contributed by atoms with Crippen molar-refractivity contribution in [1.82, 2.24) is 10.3 Å². The molecule has 1 aromatic heterocycles. The second kappa shape index (κ2) is 7.35. The van der Waals surface area contributed by atoms with Crippen LogP contribution in [0.15, 0.2) is 23.1 Å². The molecule has 3 atom stereocenters. The third-order valence-electron chi connectivity index (χ3n) is 3.58. The molecule has 2 N–H and O–H groups in total. The van der Waals surface area contributed by atoms with E-state index in [0.717, 1.165) is 0 Å². The van der Waals surface area contributed by atoms with Crippen LogP contribution in [0.2, 0.25) is 0 Å². The monoisotopic (exact) mass is 296 g/mol. The van der Waals surface area contributed by atoms with E-state index in [-0.39, 0.29) is 29.6 Å². The van der Waals surface area contributed by atoms with Crippen molar-refractivity contribution in [3.05, 3.63) is 34.2 Å². The van der Waals surface area contributed by atoms with Crippen LogP contribution in [0.3, 0.4) is 0 Å². The van der Waals surface area contributed by atoms with Crippen molar-refractivity contribution >= 4 is 5.91 Å². The van der Waals surface area contributed by atoms with Gasteiger partial charge in [0.1, 0.15) is 6.10 Å². The lowest BCUT2D eigenvalue weighted by Crippen LogP contribution is -2.50. The highest BCUT2D eigenvalue weighted by Crippen LogP contribution is 2.19. The number of aromatic amines is 1. The molecular formula is C14H20N2O5. The molecule has 1 saturated heterocycles. The number of ether oxygens (including phenoxy) is 3. The van der Waals surface area contributed by atoms with E-state index in [2.05, 4.69) is 10.3 Å². The van der Waals surface area contributed by atoms with Gasteiger partial charge in [-0.1, -0.05) is 0 Å². The highest BCUT2D eigenvalue weighted by Gasteiger charge is 2.34. The summed E-state index contributed by atoms with van der Waals surface area (Å²) in [6.07, 6.45) is 1.16. The number of pyridine rings is 1. The maximum Gasteiger partial charge on any atom is 0.251 e. The molecule has 1 fully saturated rings. The van der Waals surface area contributed by atoms with Crippen LogP contribution in [0.5, 0.6) is 0 Å². The minimum absolute atomic E-state index is 0.000327. The van der Waals surface area contributed by atoms with Crippen LogP contribution in [0.4, 0.5) is 0 Å². The van der Waals surface area contributed by atoms with Crippen LogP contribution in [-0.4, -0.2) is 57.1 Å². The average molecular weight is 296 g/mol. The number of H-pyrrole nitrogens is 1. The molecule has 0 bridgehead atoms. The maximum absolute atomic E-state index is 12.0. The Bertz CT molecular complexity index is 530. The van der Waals surface area contributed by atoms with Gasteiger partial charge in [-0.3, -0.25) is 9.59 Å². The Labute approximate surface area is 122 Å². The summed E-state index contributed by atoms with van der Waals surface area (Å²) in [4.78, 5) is 25.7. The largest absolute Gasteiger partial charge is 0.378 e. The summed E-state index contributed by atoms with van der Waals surface area (Å²) in [7, 11) is 3.23. The molecule has 0 unspecified atom stereocenters. The Morgan fingerprint density at radius 2 is 2.24 bits per heavy atom. The lowest BCUT2D eigenvalue weighted by molar-refractivity contribution is -0.145. The van der Waals surface area contributed by atoms with Crippen molar-refractivity contribution in [3.8, 4) is 0 Å². The molecule has 1 aliphatic rings. The fraction of sp³-hybridized carbons (Fsp3) is 0.571. The Balaban J connectivity index is 1.95. The zero-order valence-electron chi connectivity index (χ0n) is 12.1. The van der Waals surface area contributed by atoms with Crippen molar-refractivity contribution in [3.63, 3.8) is 0 Å². The first kappa shape index (κ1) is 15.7. The minimum atomic E-state index is -0.308. The van der Waals surface area contributed by atoms with E-state index in [1.165, 1.54) is 12.3 Å². The van der Waals surface area contributed by atoms with Gasteiger partial charge in [0.05, 0.1) is 19.3 Å². The van der Waals surface area contributed by atoms with E-state index >= 15 is 0 Å². The number of rotatable bonds is 5. The quantitative estimate of drug-likeness (QED) is 0.784. The van der Waals surface area contributed by atoms with E-state index in [1.54, 1.807) is 20.3 Å². The molecule has 0 aliphatic carbocycles. The Morgan fingerprint density at radius 1 is 1.43 bits per heavy atom. The smallest absolute Gasteiger partial charge is 0.251 e. The van der Waals surface area contributed by atoms with Gasteiger partial charge in [0.15, 0.2) is 0 Å². The van der Waals surface area contributed by atoms with Gasteiger partial charge in [-0.25, -0.2) is 0 Å². The maximum atomic E-state index is 12.0. The summed E-state index contributed by atoms with van der Waals surface area (Å²) in [5.74, 6) is -0.296. The highest BCUT2D eigenvalue weighted by molar-refractivity contribution is 5.93. The number of methoxy groups -OCH3 is 2. The molecule has 7 nitrogen and oxygen atoms in total. The molecule has 2 rings (SSSR count). The summed E-state index contributed by atoms with van der Waals surface area (Å²) in [5, 5.41) is 2.80. The summed E-state index contributed by atoms with van der Waals surface area (Å²) in [5.41, 5.74) is 0.0191. The standard InChI is InChI=1S/C14H20N2O5/c1-19-11-8-21-7-10(13(11)20-2)6-16-14(18)9-3-4-15-12(17)5-9/h3-5,10-11,13H,6-8H2,1-2H3,(H,15,17)(H,16,18)/t10-,11-,13+/m1/s1. The normalized spacial score (nSPS) is 25.5. The minimum Gasteiger partial charge on any atom is -0.378 e. The van der Waals surface area contributed by atoms with Crippen LogP contribution in [-0.2, 0) is 14.2 Å². The molecule has 0 spiro atoms. The molecule has 21 heavy (non-hydrogen) atoms. The number of aromatic nitrogens is 1. The van der Waals surface area contributed by atoms with Gasteiger partial charge in [0.2, 0.25) is 5.56 Å². The van der Waals surface area contributed by atoms with Crippen molar-refractivity contribution in [2.75, 3.05) is 34.0 Å². The van der Waals surface area contributed by atoms with Gasteiger partial charge in [-0.15, -0.1) is 0 Å². The van der Waals surface area contributed by atoms with Crippen molar-refractivity contribution in [1.29, 1.82) is 0 Å². The Kier molecular flexibility index (Phi) is 5.49. The van der Waals surface area contributed by atoms with Gasteiger partial charge in [-0.05, 0) is 6.07 Å². The van der Waals surface area contributed by atoms with Gasteiger partial charge in [0, 0.05) is 44.5 Å². The number of nitrogens with one attached hydrogen (secondary N) is 2. The van der Waals surface area contributed by atoms with E-state index in [4.69, 9.17) is 14.2 Å². The number of amides is 1. The number of hydrogen-bond acceptors (Lipinski definition) is 5. The predicted molar refractivity (Wildman–Crippen MR) is 75.3 cm³/mol. The van der Waals surface area contributed by atoms with Crippen molar-refractivity contribution in [2.45, 2.75) is 12.2 Å². The van der Waals surface area contributed by atoms with E-state index in [9.17, 15) is 9.59 Å². The Morgan fingerprint density at radius 3 is 2.90 bits per heavy atom. The second-order valence-electron chi connectivity index (χ2n) is 4.92. The van der Waals surface area contributed by atoms with Crippen LogP contribution >= 0.6 is 0 Å². The van der Waals surface area contributed by atoms with Crippen molar-refractivity contribution < 1.29 is 19.0 Å². The zero-order chi connectivity index (χ0) is 15.2. The zero-order valence-corrected chi connectivity index (χ0v) is 12.1. The lowest BCUT2D eigenvalue weighted by Gasteiger charge is -2.36. The first-order valence-electron chi connectivity index (χ1n) is 6.76. The summed E-state index contributed by atoms with van der Waals surface area (Å²) in [6.45, 7) is 1.37. The topological polar surface area (TPSA) is 89.7 Å².